The molecule has 0 fully saturated rings. The van der Waals surface area contributed by atoms with E-state index in [1.807, 2.05) is 66.7 Å². The molecule has 0 atom stereocenters. The highest BCUT2D eigenvalue weighted by molar-refractivity contribution is 5.87. The van der Waals surface area contributed by atoms with E-state index in [0.29, 0.717) is 0 Å². The first-order valence-electron chi connectivity index (χ1n) is 10.5. The van der Waals surface area contributed by atoms with Gasteiger partial charge >= 0.3 is 5.97 Å². The summed E-state index contributed by atoms with van der Waals surface area (Å²) < 4.78 is 10.3. The number of nitriles is 1. The normalized spacial score (nSPS) is 10.8. The van der Waals surface area contributed by atoms with Crippen LogP contribution in [0.5, 0.6) is 5.75 Å². The number of hydrogen-bond donors (Lipinski definition) is 0. The first kappa shape index (κ1) is 21.8. The van der Waals surface area contributed by atoms with Crippen LogP contribution in [0.15, 0.2) is 103 Å². The Morgan fingerprint density at radius 2 is 1.36 bits per heavy atom. The zero-order valence-corrected chi connectivity index (χ0v) is 18.1. The molecule has 0 aliphatic heterocycles. The van der Waals surface area contributed by atoms with E-state index in [9.17, 15) is 4.79 Å². The summed E-state index contributed by atoms with van der Waals surface area (Å²) >= 11 is 0. The standard InChI is InChI=1S/C28H22N2O3/c1-32-25-15-12-23(13-16-25)28(21-8-4-2-5-9-21,22-10-6-3-7-11-22)24-14-17-26(30-20-24)27(31)33-19-18-29/h2-17,20H,19H2,1H3. The summed E-state index contributed by atoms with van der Waals surface area (Å²) in [4.78, 5) is 16.6. The molecule has 5 nitrogen and oxygen atoms in total. The SMILES string of the molecule is COc1ccc(C(c2ccccc2)(c2ccccc2)c2ccc(C(=O)OCC#N)nc2)cc1. The summed E-state index contributed by atoms with van der Waals surface area (Å²) in [5.41, 5.74) is 3.51. The van der Waals surface area contributed by atoms with Crippen LogP contribution in [-0.4, -0.2) is 24.7 Å². The fourth-order valence-electron chi connectivity index (χ4n) is 4.13. The van der Waals surface area contributed by atoms with E-state index in [0.717, 1.165) is 28.0 Å². The van der Waals surface area contributed by atoms with Crippen LogP contribution in [0.4, 0.5) is 0 Å². The van der Waals surface area contributed by atoms with E-state index < -0.39 is 11.4 Å². The molecule has 3 aromatic carbocycles. The molecule has 1 heterocycles. The van der Waals surface area contributed by atoms with E-state index >= 15 is 0 Å². The van der Waals surface area contributed by atoms with Crippen LogP contribution in [-0.2, 0) is 10.2 Å². The number of carbonyl (C=O) groups excluding carboxylic acids is 1. The lowest BCUT2D eigenvalue weighted by Crippen LogP contribution is -2.31. The van der Waals surface area contributed by atoms with Crippen LogP contribution < -0.4 is 4.74 Å². The van der Waals surface area contributed by atoms with Crippen molar-refractivity contribution in [1.82, 2.24) is 4.98 Å². The molecule has 4 rings (SSSR count). The Kier molecular flexibility index (Phi) is 6.47. The average molecular weight is 434 g/mol. The number of benzene rings is 3. The number of aromatic nitrogens is 1. The minimum absolute atomic E-state index is 0.152. The molecule has 0 radical (unpaired) electrons. The van der Waals surface area contributed by atoms with Crippen LogP contribution >= 0.6 is 0 Å². The molecule has 1 aromatic heterocycles. The van der Waals surface area contributed by atoms with E-state index in [2.05, 4.69) is 29.2 Å². The molecule has 0 saturated carbocycles. The van der Waals surface area contributed by atoms with Gasteiger partial charge in [-0.05, 0) is 40.5 Å². The Balaban J connectivity index is 1.96. The van der Waals surface area contributed by atoms with Crippen molar-refractivity contribution < 1.29 is 14.3 Å². The molecule has 0 spiro atoms. The largest absolute Gasteiger partial charge is 0.497 e. The highest BCUT2D eigenvalue weighted by Crippen LogP contribution is 2.45. The maximum Gasteiger partial charge on any atom is 0.357 e. The lowest BCUT2D eigenvalue weighted by molar-refractivity contribution is 0.0548. The van der Waals surface area contributed by atoms with Crippen molar-refractivity contribution in [1.29, 1.82) is 5.26 Å². The number of nitrogens with zero attached hydrogens (tertiary/aromatic N) is 2. The molecule has 0 bridgehead atoms. The Morgan fingerprint density at radius 3 is 1.85 bits per heavy atom. The quantitative estimate of drug-likeness (QED) is 0.297. The van der Waals surface area contributed by atoms with Gasteiger partial charge < -0.3 is 9.47 Å². The van der Waals surface area contributed by atoms with Gasteiger partial charge in [0.2, 0.25) is 0 Å². The first-order valence-corrected chi connectivity index (χ1v) is 10.5. The predicted octanol–water partition coefficient (Wildman–Crippen LogP) is 5.15. The molecule has 0 aliphatic carbocycles. The van der Waals surface area contributed by atoms with Gasteiger partial charge in [-0.25, -0.2) is 9.78 Å². The molecule has 0 N–H and O–H groups in total. The number of hydrogen-bond acceptors (Lipinski definition) is 5. The van der Waals surface area contributed by atoms with Crippen molar-refractivity contribution in [3.63, 3.8) is 0 Å². The Labute approximate surface area is 192 Å². The third-order valence-electron chi connectivity index (χ3n) is 5.61. The van der Waals surface area contributed by atoms with Gasteiger partial charge in [0.05, 0.1) is 12.5 Å². The second-order valence-corrected chi connectivity index (χ2v) is 7.38. The van der Waals surface area contributed by atoms with E-state index in [1.165, 1.54) is 0 Å². The zero-order valence-electron chi connectivity index (χ0n) is 18.1. The second kappa shape index (κ2) is 9.80. The van der Waals surface area contributed by atoms with E-state index in [-0.39, 0.29) is 12.3 Å². The molecule has 0 saturated heterocycles. The molecule has 33 heavy (non-hydrogen) atoms. The smallest absolute Gasteiger partial charge is 0.357 e. The number of ether oxygens (including phenoxy) is 2. The Hall–Kier alpha value is -4.43. The molecule has 0 aliphatic rings. The summed E-state index contributed by atoms with van der Waals surface area (Å²) in [5, 5.41) is 8.67. The summed E-state index contributed by atoms with van der Waals surface area (Å²) in [6.07, 6.45) is 1.70. The van der Waals surface area contributed by atoms with Crippen molar-refractivity contribution in [3.8, 4) is 11.8 Å². The number of rotatable bonds is 7. The summed E-state index contributed by atoms with van der Waals surface area (Å²) in [6.45, 7) is -0.313. The fraction of sp³-hybridized carbons (Fsp3) is 0.107. The molecule has 4 aromatic rings. The number of esters is 1. The molecular formula is C28H22N2O3. The van der Waals surface area contributed by atoms with Crippen molar-refractivity contribution in [2.45, 2.75) is 5.41 Å². The molecular weight excluding hydrogens is 412 g/mol. The zero-order chi connectivity index (χ0) is 23.1. The minimum Gasteiger partial charge on any atom is -0.497 e. The van der Waals surface area contributed by atoms with Crippen molar-refractivity contribution in [2.75, 3.05) is 13.7 Å². The lowest BCUT2D eigenvalue weighted by atomic mass is 9.65. The van der Waals surface area contributed by atoms with Crippen LogP contribution in [0.25, 0.3) is 0 Å². The third kappa shape index (κ3) is 4.19. The highest BCUT2D eigenvalue weighted by atomic mass is 16.5. The predicted molar refractivity (Wildman–Crippen MR) is 125 cm³/mol. The summed E-state index contributed by atoms with van der Waals surface area (Å²) in [6, 6.07) is 33.7. The molecule has 0 unspecified atom stereocenters. The van der Waals surface area contributed by atoms with Gasteiger partial charge in [-0.2, -0.15) is 5.26 Å². The van der Waals surface area contributed by atoms with Crippen molar-refractivity contribution in [3.05, 3.63) is 131 Å². The maximum atomic E-state index is 12.2. The number of pyridine rings is 1. The van der Waals surface area contributed by atoms with Crippen LogP contribution in [0.2, 0.25) is 0 Å². The van der Waals surface area contributed by atoms with E-state index in [4.69, 9.17) is 14.7 Å². The topological polar surface area (TPSA) is 72.2 Å². The van der Waals surface area contributed by atoms with Crippen molar-refractivity contribution in [2.24, 2.45) is 0 Å². The second-order valence-electron chi connectivity index (χ2n) is 7.38. The molecule has 5 heteroatoms. The Morgan fingerprint density at radius 1 is 0.818 bits per heavy atom. The van der Waals surface area contributed by atoms with Gasteiger partial charge in [0.25, 0.3) is 0 Å². The maximum absolute atomic E-state index is 12.2. The highest BCUT2D eigenvalue weighted by Gasteiger charge is 2.38. The number of carbonyl (C=O) groups is 1. The van der Waals surface area contributed by atoms with Gasteiger partial charge in [-0.3, -0.25) is 0 Å². The summed E-state index contributed by atoms with van der Waals surface area (Å²) in [5.74, 6) is 0.139. The lowest BCUT2D eigenvalue weighted by Gasteiger charge is -2.36. The Bertz CT molecular complexity index is 1210. The average Bonchev–Trinajstić information content (AvgIpc) is 2.90. The van der Waals surface area contributed by atoms with Gasteiger partial charge in [0, 0.05) is 6.20 Å². The molecule has 162 valence electrons. The van der Waals surface area contributed by atoms with Crippen molar-refractivity contribution >= 4 is 5.97 Å². The number of methoxy groups -OCH3 is 1. The third-order valence-corrected chi connectivity index (χ3v) is 5.61. The van der Waals surface area contributed by atoms with Gasteiger partial charge in [0.1, 0.15) is 17.5 Å². The van der Waals surface area contributed by atoms with Crippen LogP contribution in [0, 0.1) is 11.3 Å². The first-order chi connectivity index (χ1) is 16.2. The van der Waals surface area contributed by atoms with E-state index in [1.54, 1.807) is 25.4 Å². The van der Waals surface area contributed by atoms with Crippen LogP contribution in [0.3, 0.4) is 0 Å². The van der Waals surface area contributed by atoms with Crippen LogP contribution in [0.1, 0.15) is 32.7 Å². The monoisotopic (exact) mass is 434 g/mol. The van der Waals surface area contributed by atoms with Gasteiger partial charge in [-0.15, -0.1) is 0 Å². The molecule has 0 amide bonds. The van der Waals surface area contributed by atoms with Gasteiger partial charge in [0.15, 0.2) is 6.61 Å². The summed E-state index contributed by atoms with van der Waals surface area (Å²) in [7, 11) is 1.64. The van der Waals surface area contributed by atoms with Gasteiger partial charge in [-0.1, -0.05) is 78.9 Å². The minimum atomic E-state index is -0.684. The fourth-order valence-corrected chi connectivity index (χ4v) is 4.13.